The highest BCUT2D eigenvalue weighted by Gasteiger charge is 2.16. The summed E-state index contributed by atoms with van der Waals surface area (Å²) in [4.78, 5) is 18.5. The van der Waals surface area contributed by atoms with Crippen molar-refractivity contribution in [2.24, 2.45) is 0 Å². The summed E-state index contributed by atoms with van der Waals surface area (Å²) >= 11 is 4.88. The van der Waals surface area contributed by atoms with Gasteiger partial charge in [0, 0.05) is 25.1 Å². The van der Waals surface area contributed by atoms with Gasteiger partial charge in [-0.05, 0) is 46.6 Å². The van der Waals surface area contributed by atoms with Crippen molar-refractivity contribution < 1.29 is 4.79 Å². The van der Waals surface area contributed by atoms with Gasteiger partial charge in [-0.15, -0.1) is 11.3 Å². The fraction of sp³-hybridized carbons (Fsp3) is 0.167. The van der Waals surface area contributed by atoms with Crippen molar-refractivity contribution in [3.8, 4) is 0 Å². The molecule has 0 N–H and O–H groups in total. The summed E-state index contributed by atoms with van der Waals surface area (Å²) in [5.74, 6) is -0.00463. The van der Waals surface area contributed by atoms with Gasteiger partial charge in [-0.3, -0.25) is 9.78 Å². The van der Waals surface area contributed by atoms with E-state index >= 15 is 0 Å². The Morgan fingerprint density at radius 1 is 1.41 bits per heavy atom. The average Bonchev–Trinajstić information content (AvgIpc) is 2.69. The zero-order valence-electron chi connectivity index (χ0n) is 9.48. The lowest BCUT2D eigenvalue weighted by atomic mass is 10.3. The van der Waals surface area contributed by atoms with Gasteiger partial charge >= 0.3 is 0 Å². The van der Waals surface area contributed by atoms with Crippen molar-refractivity contribution in [3.63, 3.8) is 0 Å². The van der Waals surface area contributed by atoms with Crippen molar-refractivity contribution in [1.82, 2.24) is 4.98 Å². The Labute approximate surface area is 112 Å². The van der Waals surface area contributed by atoms with Crippen LogP contribution in [0, 0.1) is 6.92 Å². The van der Waals surface area contributed by atoms with Gasteiger partial charge in [-0.25, -0.2) is 0 Å². The van der Waals surface area contributed by atoms with E-state index in [0.29, 0.717) is 0 Å². The van der Waals surface area contributed by atoms with E-state index in [1.165, 1.54) is 11.3 Å². The van der Waals surface area contributed by atoms with Gasteiger partial charge in [0.25, 0.3) is 5.91 Å². The summed E-state index contributed by atoms with van der Waals surface area (Å²) in [6.45, 7) is 1.98. The van der Waals surface area contributed by atoms with Gasteiger partial charge < -0.3 is 4.90 Å². The number of carbonyl (C=O) groups is 1. The summed E-state index contributed by atoms with van der Waals surface area (Å²) in [5, 5.41) is 0. The number of thiophene rings is 1. The highest BCUT2D eigenvalue weighted by molar-refractivity contribution is 9.11. The molecule has 2 heterocycles. The lowest BCUT2D eigenvalue weighted by Crippen LogP contribution is -2.25. The molecule has 0 atom stereocenters. The lowest BCUT2D eigenvalue weighted by Gasteiger charge is -2.15. The topological polar surface area (TPSA) is 33.2 Å². The van der Waals surface area contributed by atoms with E-state index in [2.05, 4.69) is 20.9 Å². The fourth-order valence-corrected chi connectivity index (χ4v) is 2.93. The van der Waals surface area contributed by atoms with Crippen molar-refractivity contribution in [3.05, 3.63) is 44.8 Å². The second-order valence-corrected chi connectivity index (χ2v) is 6.01. The third kappa shape index (κ3) is 2.56. The molecule has 0 saturated carbocycles. The molecule has 5 heteroatoms. The van der Waals surface area contributed by atoms with Gasteiger partial charge in [0.2, 0.25) is 0 Å². The largest absolute Gasteiger partial charge is 0.311 e. The number of halogens is 1. The van der Waals surface area contributed by atoms with Crippen molar-refractivity contribution >= 4 is 38.9 Å². The molecule has 0 aromatic carbocycles. The van der Waals surface area contributed by atoms with Gasteiger partial charge in [0.15, 0.2) is 0 Å². The number of carbonyl (C=O) groups excluding carboxylic acids is 1. The van der Waals surface area contributed by atoms with Crippen molar-refractivity contribution in [2.45, 2.75) is 6.92 Å². The minimum Gasteiger partial charge on any atom is -0.311 e. The molecule has 0 bridgehead atoms. The Morgan fingerprint density at radius 2 is 2.06 bits per heavy atom. The second-order valence-electron chi connectivity index (χ2n) is 3.64. The number of nitrogens with zero attached hydrogens (tertiary/aromatic N) is 2. The molecule has 2 aromatic heterocycles. The lowest BCUT2D eigenvalue weighted by molar-refractivity contribution is 0.0997. The predicted molar refractivity (Wildman–Crippen MR) is 73.7 cm³/mol. The van der Waals surface area contributed by atoms with E-state index in [-0.39, 0.29) is 5.91 Å². The fourth-order valence-electron chi connectivity index (χ4n) is 1.42. The molecule has 2 aromatic rings. The maximum Gasteiger partial charge on any atom is 0.268 e. The van der Waals surface area contributed by atoms with Crippen LogP contribution in [0.25, 0.3) is 0 Å². The Kier molecular flexibility index (Phi) is 3.59. The van der Waals surface area contributed by atoms with E-state index in [0.717, 1.165) is 19.9 Å². The number of aromatic nitrogens is 1. The first-order valence-electron chi connectivity index (χ1n) is 5.03. The van der Waals surface area contributed by atoms with Crippen LogP contribution < -0.4 is 4.90 Å². The number of hydrogen-bond acceptors (Lipinski definition) is 3. The number of amides is 1. The highest BCUT2D eigenvalue weighted by Crippen LogP contribution is 2.28. The summed E-state index contributed by atoms with van der Waals surface area (Å²) in [7, 11) is 1.76. The monoisotopic (exact) mass is 310 g/mol. The van der Waals surface area contributed by atoms with E-state index in [9.17, 15) is 4.79 Å². The second kappa shape index (κ2) is 4.98. The first-order chi connectivity index (χ1) is 8.09. The van der Waals surface area contributed by atoms with Crippen LogP contribution in [-0.4, -0.2) is 17.9 Å². The molecule has 0 saturated heterocycles. The number of pyridine rings is 1. The number of hydrogen-bond donors (Lipinski definition) is 0. The summed E-state index contributed by atoms with van der Waals surface area (Å²) in [6, 6.07) is 5.52. The first kappa shape index (κ1) is 12.3. The molecule has 3 nitrogen and oxygen atoms in total. The summed E-state index contributed by atoms with van der Waals surface area (Å²) in [6.07, 6.45) is 3.35. The number of aryl methyl sites for hydroxylation is 1. The maximum atomic E-state index is 12.2. The molecule has 0 aliphatic carbocycles. The minimum atomic E-state index is -0.00463. The van der Waals surface area contributed by atoms with Crippen LogP contribution >= 0.6 is 27.3 Å². The van der Waals surface area contributed by atoms with E-state index in [1.807, 2.05) is 25.1 Å². The Bertz CT molecular complexity index is 519. The van der Waals surface area contributed by atoms with Crippen molar-refractivity contribution in [2.75, 3.05) is 11.9 Å². The molecule has 2 rings (SSSR count). The molecule has 0 spiro atoms. The molecule has 17 heavy (non-hydrogen) atoms. The van der Waals surface area contributed by atoms with E-state index in [1.54, 1.807) is 24.3 Å². The van der Waals surface area contributed by atoms with Crippen molar-refractivity contribution in [1.29, 1.82) is 0 Å². The standard InChI is InChI=1S/C12H11BrN2OS/c1-8-7-10(17-11(8)13)12(16)15(2)9-3-5-14-6-4-9/h3-7H,1-2H3. The molecule has 0 unspecified atom stereocenters. The summed E-state index contributed by atoms with van der Waals surface area (Å²) in [5.41, 5.74) is 1.92. The Morgan fingerprint density at radius 3 is 2.59 bits per heavy atom. The third-order valence-electron chi connectivity index (χ3n) is 2.42. The molecule has 1 amide bonds. The number of rotatable bonds is 2. The normalized spacial score (nSPS) is 10.3. The molecule has 0 aliphatic rings. The maximum absolute atomic E-state index is 12.2. The highest BCUT2D eigenvalue weighted by atomic mass is 79.9. The van der Waals surface area contributed by atoms with Crippen LogP contribution in [-0.2, 0) is 0 Å². The Hall–Kier alpha value is -1.20. The van der Waals surface area contributed by atoms with Crippen LogP contribution in [0.5, 0.6) is 0 Å². The molecule has 0 radical (unpaired) electrons. The minimum absolute atomic E-state index is 0.00463. The SMILES string of the molecule is Cc1cc(C(=O)N(C)c2ccncc2)sc1Br. The van der Waals surface area contributed by atoms with Crippen LogP contribution in [0.3, 0.4) is 0 Å². The third-order valence-corrected chi connectivity index (χ3v) is 4.55. The first-order valence-corrected chi connectivity index (χ1v) is 6.64. The smallest absolute Gasteiger partial charge is 0.268 e. The average molecular weight is 311 g/mol. The molecular weight excluding hydrogens is 300 g/mol. The van der Waals surface area contributed by atoms with Crippen LogP contribution in [0.15, 0.2) is 34.4 Å². The van der Waals surface area contributed by atoms with E-state index in [4.69, 9.17) is 0 Å². The van der Waals surface area contributed by atoms with Gasteiger partial charge in [-0.2, -0.15) is 0 Å². The predicted octanol–water partition coefficient (Wildman–Crippen LogP) is 3.49. The number of anilines is 1. The molecule has 0 aliphatic heterocycles. The Balaban J connectivity index is 2.26. The van der Waals surface area contributed by atoms with Gasteiger partial charge in [0.05, 0.1) is 8.66 Å². The van der Waals surface area contributed by atoms with E-state index < -0.39 is 0 Å². The van der Waals surface area contributed by atoms with Gasteiger partial charge in [-0.1, -0.05) is 0 Å². The zero-order chi connectivity index (χ0) is 12.4. The molecular formula is C12H11BrN2OS. The van der Waals surface area contributed by atoms with Crippen LogP contribution in [0.2, 0.25) is 0 Å². The summed E-state index contributed by atoms with van der Waals surface area (Å²) < 4.78 is 1.00. The van der Waals surface area contributed by atoms with Crippen LogP contribution in [0.4, 0.5) is 5.69 Å². The molecule has 88 valence electrons. The zero-order valence-corrected chi connectivity index (χ0v) is 11.9. The molecule has 0 fully saturated rings. The van der Waals surface area contributed by atoms with Crippen LogP contribution in [0.1, 0.15) is 15.2 Å². The quantitative estimate of drug-likeness (QED) is 0.850. The van der Waals surface area contributed by atoms with Gasteiger partial charge in [0.1, 0.15) is 0 Å².